The predicted molar refractivity (Wildman–Crippen MR) is 110 cm³/mol. The highest BCUT2D eigenvalue weighted by molar-refractivity contribution is 7.22. The number of hydrogen-bond donors (Lipinski definition) is 0. The van der Waals surface area contributed by atoms with Crippen LogP contribution >= 0.6 is 22.9 Å². The molecule has 0 N–H and O–H groups in total. The Kier molecular flexibility index (Phi) is 5.18. The van der Waals surface area contributed by atoms with Crippen molar-refractivity contribution in [2.45, 2.75) is 13.0 Å². The SMILES string of the molecule is O=C(c1ccccc1)N(CCCn1ccnc1)c1nc2c(Cl)cccc2s1. The number of hydrogen-bond acceptors (Lipinski definition) is 4. The van der Waals surface area contributed by atoms with Crippen LogP contribution in [0.2, 0.25) is 5.02 Å². The number of aryl methyl sites for hydroxylation is 1. The average Bonchev–Trinajstić information content (AvgIpc) is 3.36. The van der Waals surface area contributed by atoms with Gasteiger partial charge in [-0.15, -0.1) is 0 Å². The number of imidazole rings is 1. The van der Waals surface area contributed by atoms with Crippen LogP contribution in [0.5, 0.6) is 0 Å². The van der Waals surface area contributed by atoms with Crippen LogP contribution in [-0.4, -0.2) is 27.0 Å². The van der Waals surface area contributed by atoms with Gasteiger partial charge in [0.05, 0.1) is 16.0 Å². The van der Waals surface area contributed by atoms with Gasteiger partial charge in [0, 0.05) is 31.0 Å². The molecule has 4 rings (SSSR count). The lowest BCUT2D eigenvalue weighted by molar-refractivity contribution is 0.0986. The number of para-hydroxylation sites is 1. The highest BCUT2D eigenvalue weighted by Gasteiger charge is 2.21. The molecule has 2 heterocycles. The molecule has 5 nitrogen and oxygen atoms in total. The average molecular weight is 397 g/mol. The van der Waals surface area contributed by atoms with Gasteiger partial charge in [-0.1, -0.05) is 47.2 Å². The predicted octanol–water partition coefficient (Wildman–Crippen LogP) is 4.88. The van der Waals surface area contributed by atoms with Gasteiger partial charge in [0.1, 0.15) is 5.52 Å². The Bertz CT molecular complexity index is 1050. The lowest BCUT2D eigenvalue weighted by atomic mass is 10.2. The van der Waals surface area contributed by atoms with E-state index in [9.17, 15) is 4.79 Å². The van der Waals surface area contributed by atoms with Crippen molar-refractivity contribution >= 4 is 44.2 Å². The van der Waals surface area contributed by atoms with Crippen molar-refractivity contribution in [3.05, 3.63) is 77.8 Å². The molecule has 4 aromatic rings. The van der Waals surface area contributed by atoms with E-state index in [1.165, 1.54) is 11.3 Å². The van der Waals surface area contributed by atoms with E-state index in [2.05, 4.69) is 9.97 Å². The molecule has 0 atom stereocenters. The number of carbonyl (C=O) groups excluding carboxylic acids is 1. The molecular formula is C20H17ClN4OS. The van der Waals surface area contributed by atoms with Gasteiger partial charge in [0.2, 0.25) is 0 Å². The molecule has 0 saturated carbocycles. The quantitative estimate of drug-likeness (QED) is 0.466. The number of amides is 1. The van der Waals surface area contributed by atoms with Crippen LogP contribution in [0.25, 0.3) is 10.2 Å². The second kappa shape index (κ2) is 7.90. The zero-order valence-electron chi connectivity index (χ0n) is 14.5. The molecule has 136 valence electrons. The number of thiazole rings is 1. The number of anilines is 1. The monoisotopic (exact) mass is 396 g/mol. The zero-order chi connectivity index (χ0) is 18.6. The Hall–Kier alpha value is -2.70. The molecular weight excluding hydrogens is 380 g/mol. The molecule has 0 fully saturated rings. The third-order valence-corrected chi connectivity index (χ3v) is 5.56. The number of carbonyl (C=O) groups is 1. The van der Waals surface area contributed by atoms with E-state index in [0.29, 0.717) is 22.3 Å². The minimum atomic E-state index is -0.0589. The van der Waals surface area contributed by atoms with E-state index in [4.69, 9.17) is 11.6 Å². The molecule has 1 amide bonds. The highest BCUT2D eigenvalue weighted by atomic mass is 35.5. The Balaban J connectivity index is 1.63. The van der Waals surface area contributed by atoms with Gasteiger partial charge in [-0.25, -0.2) is 9.97 Å². The molecule has 27 heavy (non-hydrogen) atoms. The summed E-state index contributed by atoms with van der Waals surface area (Å²) in [6.45, 7) is 1.34. The first-order chi connectivity index (χ1) is 13.2. The number of rotatable bonds is 6. The first-order valence-corrected chi connectivity index (χ1v) is 9.79. The number of halogens is 1. The van der Waals surface area contributed by atoms with E-state index in [0.717, 1.165) is 23.2 Å². The highest BCUT2D eigenvalue weighted by Crippen LogP contribution is 2.33. The normalized spacial score (nSPS) is 11.0. The fraction of sp³-hybridized carbons (Fsp3) is 0.150. The largest absolute Gasteiger partial charge is 0.337 e. The number of nitrogens with zero attached hydrogens (tertiary/aromatic N) is 4. The lowest BCUT2D eigenvalue weighted by Gasteiger charge is -2.20. The van der Waals surface area contributed by atoms with Gasteiger partial charge in [0.15, 0.2) is 5.13 Å². The summed E-state index contributed by atoms with van der Waals surface area (Å²) in [6, 6.07) is 15.0. The molecule has 0 aliphatic heterocycles. The van der Waals surface area contributed by atoms with Gasteiger partial charge in [-0.3, -0.25) is 9.69 Å². The minimum absolute atomic E-state index is 0.0589. The maximum absolute atomic E-state index is 13.1. The number of benzene rings is 2. The summed E-state index contributed by atoms with van der Waals surface area (Å²) in [5, 5.41) is 1.26. The first-order valence-electron chi connectivity index (χ1n) is 8.60. The summed E-state index contributed by atoms with van der Waals surface area (Å²) >= 11 is 7.75. The third kappa shape index (κ3) is 3.86. The number of aromatic nitrogens is 3. The van der Waals surface area contributed by atoms with Gasteiger partial charge < -0.3 is 4.57 Å². The summed E-state index contributed by atoms with van der Waals surface area (Å²) < 4.78 is 2.97. The summed E-state index contributed by atoms with van der Waals surface area (Å²) in [5.41, 5.74) is 1.38. The van der Waals surface area contributed by atoms with Gasteiger partial charge in [-0.05, 0) is 30.7 Å². The standard InChI is InChI=1S/C20H17ClN4OS/c21-16-8-4-9-17-18(16)23-20(27-17)25(12-5-11-24-13-10-22-14-24)19(26)15-6-2-1-3-7-15/h1-4,6-10,13-14H,5,11-12H2. The Morgan fingerprint density at radius 3 is 2.74 bits per heavy atom. The zero-order valence-corrected chi connectivity index (χ0v) is 16.0. The van der Waals surface area contributed by atoms with E-state index in [-0.39, 0.29) is 5.91 Å². The maximum atomic E-state index is 13.1. The Labute approximate surface area is 165 Å². The summed E-state index contributed by atoms with van der Waals surface area (Å²) in [4.78, 5) is 23.6. The molecule has 2 aromatic heterocycles. The van der Waals surface area contributed by atoms with Crippen molar-refractivity contribution in [3.8, 4) is 0 Å². The maximum Gasteiger partial charge on any atom is 0.260 e. The molecule has 0 saturated heterocycles. The van der Waals surface area contributed by atoms with Crippen LogP contribution in [0.15, 0.2) is 67.3 Å². The Morgan fingerprint density at radius 2 is 2.00 bits per heavy atom. The smallest absolute Gasteiger partial charge is 0.260 e. The second-order valence-electron chi connectivity index (χ2n) is 6.06. The third-order valence-electron chi connectivity index (χ3n) is 4.21. The molecule has 2 aromatic carbocycles. The molecule has 0 aliphatic rings. The van der Waals surface area contributed by atoms with Gasteiger partial charge in [0.25, 0.3) is 5.91 Å². The first kappa shape index (κ1) is 17.7. The summed E-state index contributed by atoms with van der Waals surface area (Å²) in [7, 11) is 0. The van der Waals surface area contributed by atoms with Crippen molar-refractivity contribution in [2.75, 3.05) is 11.4 Å². The van der Waals surface area contributed by atoms with Crippen LogP contribution in [0.3, 0.4) is 0 Å². The van der Waals surface area contributed by atoms with Gasteiger partial charge >= 0.3 is 0 Å². The fourth-order valence-electron chi connectivity index (χ4n) is 2.87. The Morgan fingerprint density at radius 1 is 1.15 bits per heavy atom. The summed E-state index contributed by atoms with van der Waals surface area (Å²) in [6.07, 6.45) is 6.24. The molecule has 7 heteroatoms. The van der Waals surface area contributed by atoms with Crippen molar-refractivity contribution in [3.63, 3.8) is 0 Å². The fourth-order valence-corrected chi connectivity index (χ4v) is 4.16. The van der Waals surface area contributed by atoms with E-state index >= 15 is 0 Å². The second-order valence-corrected chi connectivity index (χ2v) is 7.48. The van der Waals surface area contributed by atoms with E-state index < -0.39 is 0 Å². The van der Waals surface area contributed by atoms with Crippen LogP contribution in [0.4, 0.5) is 5.13 Å². The van der Waals surface area contributed by atoms with Gasteiger partial charge in [-0.2, -0.15) is 0 Å². The van der Waals surface area contributed by atoms with Crippen molar-refractivity contribution in [2.24, 2.45) is 0 Å². The van der Waals surface area contributed by atoms with E-state index in [1.54, 1.807) is 17.4 Å². The minimum Gasteiger partial charge on any atom is -0.337 e. The van der Waals surface area contributed by atoms with Crippen LogP contribution < -0.4 is 4.90 Å². The molecule has 0 radical (unpaired) electrons. The summed E-state index contributed by atoms with van der Waals surface area (Å²) in [5.74, 6) is -0.0589. The van der Waals surface area contributed by atoms with Crippen LogP contribution in [0, 0.1) is 0 Å². The number of fused-ring (bicyclic) bond motifs is 1. The molecule has 0 bridgehead atoms. The molecule has 0 spiro atoms. The molecule has 0 aliphatic carbocycles. The lowest BCUT2D eigenvalue weighted by Crippen LogP contribution is -2.32. The van der Waals surface area contributed by atoms with Crippen molar-refractivity contribution in [1.82, 2.24) is 14.5 Å². The van der Waals surface area contributed by atoms with E-state index in [1.807, 2.05) is 59.3 Å². The van der Waals surface area contributed by atoms with Crippen LogP contribution in [0.1, 0.15) is 16.8 Å². The van der Waals surface area contributed by atoms with Crippen molar-refractivity contribution < 1.29 is 4.79 Å². The molecule has 0 unspecified atom stereocenters. The topological polar surface area (TPSA) is 51.0 Å². The van der Waals surface area contributed by atoms with Crippen molar-refractivity contribution in [1.29, 1.82) is 0 Å². The van der Waals surface area contributed by atoms with Crippen LogP contribution in [-0.2, 0) is 6.54 Å².